The SMILES string of the molecule is CC(C)c1nccc(Oc2cccc(-n3ccnn3)c2)n1. The normalized spacial score (nSPS) is 10.8. The number of ether oxygens (including phenoxy) is 1. The van der Waals surface area contributed by atoms with Crippen molar-refractivity contribution in [2.24, 2.45) is 0 Å². The number of hydrogen-bond donors (Lipinski definition) is 0. The molecule has 3 aromatic rings. The Bertz CT molecular complexity index is 724. The van der Waals surface area contributed by atoms with E-state index in [2.05, 4.69) is 20.3 Å². The first-order valence-corrected chi connectivity index (χ1v) is 6.70. The molecule has 0 spiro atoms. The summed E-state index contributed by atoms with van der Waals surface area (Å²) in [5.41, 5.74) is 0.878. The highest BCUT2D eigenvalue weighted by atomic mass is 16.5. The van der Waals surface area contributed by atoms with Gasteiger partial charge in [-0.1, -0.05) is 25.1 Å². The second-order valence-corrected chi connectivity index (χ2v) is 4.85. The maximum atomic E-state index is 5.80. The molecule has 6 nitrogen and oxygen atoms in total. The Morgan fingerprint density at radius 3 is 2.81 bits per heavy atom. The Morgan fingerprint density at radius 2 is 2.05 bits per heavy atom. The predicted molar refractivity (Wildman–Crippen MR) is 77.6 cm³/mol. The maximum Gasteiger partial charge on any atom is 0.222 e. The molecule has 0 unspecified atom stereocenters. The van der Waals surface area contributed by atoms with Gasteiger partial charge in [-0.3, -0.25) is 0 Å². The van der Waals surface area contributed by atoms with Crippen LogP contribution in [-0.2, 0) is 0 Å². The van der Waals surface area contributed by atoms with Crippen molar-refractivity contribution in [3.05, 3.63) is 54.7 Å². The summed E-state index contributed by atoms with van der Waals surface area (Å²) in [6.45, 7) is 4.09. The Labute approximate surface area is 122 Å². The average molecular weight is 281 g/mol. The minimum Gasteiger partial charge on any atom is -0.439 e. The lowest BCUT2D eigenvalue weighted by molar-refractivity contribution is 0.456. The molecule has 0 aliphatic carbocycles. The van der Waals surface area contributed by atoms with E-state index < -0.39 is 0 Å². The zero-order valence-corrected chi connectivity index (χ0v) is 11.8. The van der Waals surface area contributed by atoms with Crippen LogP contribution in [0.4, 0.5) is 0 Å². The van der Waals surface area contributed by atoms with Gasteiger partial charge in [0.05, 0.1) is 18.1 Å². The van der Waals surface area contributed by atoms with Crippen molar-refractivity contribution in [3.63, 3.8) is 0 Å². The molecule has 0 fully saturated rings. The summed E-state index contributed by atoms with van der Waals surface area (Å²) in [7, 11) is 0. The van der Waals surface area contributed by atoms with E-state index in [1.165, 1.54) is 0 Å². The van der Waals surface area contributed by atoms with Crippen LogP contribution in [0.25, 0.3) is 5.69 Å². The van der Waals surface area contributed by atoms with Gasteiger partial charge < -0.3 is 4.74 Å². The molecule has 106 valence electrons. The van der Waals surface area contributed by atoms with Crippen molar-refractivity contribution in [3.8, 4) is 17.3 Å². The molecule has 0 aliphatic heterocycles. The van der Waals surface area contributed by atoms with Crippen molar-refractivity contribution in [2.75, 3.05) is 0 Å². The number of aromatic nitrogens is 5. The van der Waals surface area contributed by atoms with Gasteiger partial charge in [0.1, 0.15) is 11.6 Å². The van der Waals surface area contributed by atoms with E-state index in [1.807, 2.05) is 38.1 Å². The molecule has 2 heterocycles. The van der Waals surface area contributed by atoms with Gasteiger partial charge in [-0.25, -0.2) is 9.67 Å². The third-order valence-electron chi connectivity index (χ3n) is 2.89. The monoisotopic (exact) mass is 281 g/mol. The van der Waals surface area contributed by atoms with Gasteiger partial charge in [-0.15, -0.1) is 5.10 Å². The zero-order valence-electron chi connectivity index (χ0n) is 11.8. The summed E-state index contributed by atoms with van der Waals surface area (Å²) >= 11 is 0. The molecule has 21 heavy (non-hydrogen) atoms. The molecule has 6 heteroatoms. The minimum absolute atomic E-state index is 0.259. The molecule has 0 saturated carbocycles. The molecule has 0 bridgehead atoms. The van der Waals surface area contributed by atoms with Crippen molar-refractivity contribution in [1.29, 1.82) is 0 Å². The van der Waals surface area contributed by atoms with Crippen LogP contribution in [-0.4, -0.2) is 25.0 Å². The third kappa shape index (κ3) is 3.05. The first-order valence-electron chi connectivity index (χ1n) is 6.70. The quantitative estimate of drug-likeness (QED) is 0.735. The lowest BCUT2D eigenvalue weighted by atomic mass is 10.2. The molecule has 0 amide bonds. The van der Waals surface area contributed by atoms with Crippen molar-refractivity contribution >= 4 is 0 Å². The number of hydrogen-bond acceptors (Lipinski definition) is 5. The fraction of sp³-hybridized carbons (Fsp3) is 0.200. The fourth-order valence-electron chi connectivity index (χ4n) is 1.85. The van der Waals surface area contributed by atoms with E-state index in [9.17, 15) is 0 Å². The summed E-state index contributed by atoms with van der Waals surface area (Å²) in [6.07, 6.45) is 5.12. The molecule has 0 aliphatic rings. The standard InChI is InChI=1S/C15H15N5O/c1-11(2)15-16-7-6-14(18-15)21-13-5-3-4-12(10-13)20-9-8-17-19-20/h3-11H,1-2H3. The summed E-state index contributed by atoms with van der Waals surface area (Å²) in [4.78, 5) is 8.62. The van der Waals surface area contributed by atoms with Crippen LogP contribution in [0, 0.1) is 0 Å². The molecule has 1 aromatic carbocycles. The van der Waals surface area contributed by atoms with E-state index in [0.717, 1.165) is 11.5 Å². The van der Waals surface area contributed by atoms with Crippen LogP contribution in [0.3, 0.4) is 0 Å². The molecule has 0 saturated heterocycles. The van der Waals surface area contributed by atoms with Crippen LogP contribution in [0.15, 0.2) is 48.9 Å². The summed E-state index contributed by atoms with van der Waals surface area (Å²) in [5, 5.41) is 7.75. The smallest absolute Gasteiger partial charge is 0.222 e. The molecule has 0 radical (unpaired) electrons. The lowest BCUT2D eigenvalue weighted by Crippen LogP contribution is -1.99. The molecule has 0 atom stereocenters. The van der Waals surface area contributed by atoms with E-state index in [1.54, 1.807) is 29.3 Å². The Balaban J connectivity index is 1.85. The predicted octanol–water partition coefficient (Wildman–Crippen LogP) is 2.97. The Morgan fingerprint density at radius 1 is 1.14 bits per heavy atom. The second-order valence-electron chi connectivity index (χ2n) is 4.85. The van der Waals surface area contributed by atoms with Crippen molar-refractivity contribution in [2.45, 2.75) is 19.8 Å². The fourth-order valence-corrected chi connectivity index (χ4v) is 1.85. The summed E-state index contributed by atoms with van der Waals surface area (Å²) in [6, 6.07) is 9.33. The molecule has 3 rings (SSSR count). The minimum atomic E-state index is 0.259. The highest BCUT2D eigenvalue weighted by Gasteiger charge is 2.06. The number of benzene rings is 1. The topological polar surface area (TPSA) is 65.7 Å². The Kier molecular flexibility index (Phi) is 3.59. The first kappa shape index (κ1) is 13.2. The second kappa shape index (κ2) is 5.70. The van der Waals surface area contributed by atoms with Crippen LogP contribution in [0.1, 0.15) is 25.6 Å². The lowest BCUT2D eigenvalue weighted by Gasteiger charge is -2.08. The van der Waals surface area contributed by atoms with Gasteiger partial charge in [0, 0.05) is 24.2 Å². The van der Waals surface area contributed by atoms with Gasteiger partial charge >= 0.3 is 0 Å². The van der Waals surface area contributed by atoms with E-state index in [0.29, 0.717) is 11.6 Å². The number of rotatable bonds is 4. The maximum absolute atomic E-state index is 5.80. The van der Waals surface area contributed by atoms with Crippen LogP contribution < -0.4 is 4.74 Å². The number of nitrogens with zero attached hydrogens (tertiary/aromatic N) is 5. The molecular formula is C15H15N5O. The van der Waals surface area contributed by atoms with Gasteiger partial charge in [-0.2, -0.15) is 4.98 Å². The van der Waals surface area contributed by atoms with Crippen LogP contribution in [0.2, 0.25) is 0 Å². The highest BCUT2D eigenvalue weighted by molar-refractivity contribution is 5.39. The average Bonchev–Trinajstić information content (AvgIpc) is 3.02. The van der Waals surface area contributed by atoms with Gasteiger partial charge in [0.25, 0.3) is 0 Å². The van der Waals surface area contributed by atoms with Crippen LogP contribution >= 0.6 is 0 Å². The molecule has 2 aromatic heterocycles. The zero-order chi connectivity index (χ0) is 14.7. The summed E-state index contributed by atoms with van der Waals surface area (Å²) < 4.78 is 7.47. The van der Waals surface area contributed by atoms with E-state index in [4.69, 9.17) is 4.74 Å². The highest BCUT2D eigenvalue weighted by Crippen LogP contribution is 2.22. The van der Waals surface area contributed by atoms with Gasteiger partial charge in [0.15, 0.2) is 0 Å². The third-order valence-corrected chi connectivity index (χ3v) is 2.89. The first-order chi connectivity index (χ1) is 10.2. The van der Waals surface area contributed by atoms with Gasteiger partial charge in [-0.05, 0) is 12.1 Å². The van der Waals surface area contributed by atoms with Gasteiger partial charge in [0.2, 0.25) is 5.88 Å². The molecule has 0 N–H and O–H groups in total. The van der Waals surface area contributed by atoms with E-state index >= 15 is 0 Å². The summed E-state index contributed by atoms with van der Waals surface area (Å²) in [5.74, 6) is 2.25. The molecular weight excluding hydrogens is 266 g/mol. The van der Waals surface area contributed by atoms with Crippen molar-refractivity contribution < 1.29 is 4.74 Å². The van der Waals surface area contributed by atoms with E-state index in [-0.39, 0.29) is 5.92 Å². The largest absolute Gasteiger partial charge is 0.439 e. The Hall–Kier alpha value is -2.76. The van der Waals surface area contributed by atoms with Crippen molar-refractivity contribution in [1.82, 2.24) is 25.0 Å². The van der Waals surface area contributed by atoms with Crippen LogP contribution in [0.5, 0.6) is 11.6 Å².